The molecule has 0 radical (unpaired) electrons. The summed E-state index contributed by atoms with van der Waals surface area (Å²) >= 11 is 0. The summed E-state index contributed by atoms with van der Waals surface area (Å²) in [7, 11) is 0. The van der Waals surface area contributed by atoms with Crippen molar-refractivity contribution in [1.29, 1.82) is 0 Å². The number of carboxylic acid groups (broad SMARTS) is 1. The van der Waals surface area contributed by atoms with Crippen LogP contribution in [0.5, 0.6) is 0 Å². The lowest BCUT2D eigenvalue weighted by Gasteiger charge is -2.12. The summed E-state index contributed by atoms with van der Waals surface area (Å²) < 4.78 is 18.2. The number of nitrogens with one attached hydrogen (secondary N) is 1. The van der Waals surface area contributed by atoms with Gasteiger partial charge in [0.15, 0.2) is 0 Å². The summed E-state index contributed by atoms with van der Waals surface area (Å²) in [5, 5.41) is 12.1. The van der Waals surface area contributed by atoms with Gasteiger partial charge in [-0.25, -0.2) is 9.18 Å². The quantitative estimate of drug-likeness (QED) is 0.857. The van der Waals surface area contributed by atoms with Crippen LogP contribution in [0.4, 0.5) is 4.39 Å². The van der Waals surface area contributed by atoms with Crippen molar-refractivity contribution < 1.29 is 18.7 Å². The first-order valence-electron chi connectivity index (χ1n) is 6.79. The molecule has 2 N–H and O–H groups in total. The Hall–Kier alpha value is -2.14. The van der Waals surface area contributed by atoms with Gasteiger partial charge in [0.1, 0.15) is 11.6 Å². The van der Waals surface area contributed by atoms with Gasteiger partial charge in [-0.2, -0.15) is 0 Å². The van der Waals surface area contributed by atoms with Gasteiger partial charge < -0.3 is 14.8 Å². The van der Waals surface area contributed by atoms with E-state index in [0.717, 1.165) is 17.5 Å². The largest absolute Gasteiger partial charge is 0.475 e. The zero-order valence-corrected chi connectivity index (χ0v) is 12.0. The van der Waals surface area contributed by atoms with Crippen molar-refractivity contribution in [2.24, 2.45) is 0 Å². The minimum atomic E-state index is -1.07. The SMILES string of the molecule is Cc1cc(F)ccc1CCNC(C)c1ccc(C(=O)O)o1. The molecule has 21 heavy (non-hydrogen) atoms. The number of furan rings is 1. The molecule has 0 bridgehead atoms. The first kappa shape index (κ1) is 15.3. The number of carboxylic acids is 1. The number of hydrogen-bond donors (Lipinski definition) is 2. The Balaban J connectivity index is 1.88. The van der Waals surface area contributed by atoms with Crippen LogP contribution >= 0.6 is 0 Å². The van der Waals surface area contributed by atoms with Gasteiger partial charge in [-0.15, -0.1) is 0 Å². The maximum absolute atomic E-state index is 13.0. The highest BCUT2D eigenvalue weighted by Gasteiger charge is 2.13. The number of hydrogen-bond acceptors (Lipinski definition) is 3. The van der Waals surface area contributed by atoms with Crippen molar-refractivity contribution in [1.82, 2.24) is 5.32 Å². The van der Waals surface area contributed by atoms with Crippen molar-refractivity contribution in [2.45, 2.75) is 26.3 Å². The Morgan fingerprint density at radius 1 is 1.38 bits per heavy atom. The summed E-state index contributed by atoms with van der Waals surface area (Å²) in [5.41, 5.74) is 2.01. The fraction of sp³-hybridized carbons (Fsp3) is 0.312. The monoisotopic (exact) mass is 291 g/mol. The standard InChI is InChI=1S/C16H18FNO3/c1-10-9-13(17)4-3-12(10)7-8-18-11(2)14-5-6-15(21-14)16(19)20/h3-6,9,11,18H,7-8H2,1-2H3,(H,19,20). The topological polar surface area (TPSA) is 62.5 Å². The van der Waals surface area contributed by atoms with Crippen LogP contribution in [0.2, 0.25) is 0 Å². The molecule has 0 aliphatic carbocycles. The first-order chi connectivity index (χ1) is 9.97. The fourth-order valence-corrected chi connectivity index (χ4v) is 2.16. The molecule has 1 heterocycles. The Bertz CT molecular complexity index is 636. The Labute approximate surface area is 122 Å². The molecule has 1 atom stereocenters. The minimum absolute atomic E-state index is 0.0620. The average Bonchev–Trinajstić information content (AvgIpc) is 2.91. The van der Waals surface area contributed by atoms with Gasteiger partial charge >= 0.3 is 5.97 Å². The number of aryl methyl sites for hydroxylation is 1. The van der Waals surface area contributed by atoms with Crippen LogP contribution in [0.15, 0.2) is 34.7 Å². The lowest BCUT2D eigenvalue weighted by atomic mass is 10.1. The van der Waals surface area contributed by atoms with Crippen LogP contribution in [0.1, 0.15) is 40.4 Å². The Kier molecular flexibility index (Phi) is 4.75. The number of carbonyl (C=O) groups is 1. The maximum Gasteiger partial charge on any atom is 0.371 e. The molecule has 0 spiro atoms. The van der Waals surface area contributed by atoms with Crippen LogP contribution in [-0.4, -0.2) is 17.6 Å². The third-order valence-electron chi connectivity index (χ3n) is 3.41. The summed E-state index contributed by atoms with van der Waals surface area (Å²) in [5.74, 6) is -0.777. The van der Waals surface area contributed by atoms with Crippen molar-refractivity contribution in [2.75, 3.05) is 6.54 Å². The molecule has 0 aliphatic heterocycles. The molecular weight excluding hydrogens is 273 g/mol. The molecule has 0 fully saturated rings. The highest BCUT2D eigenvalue weighted by Crippen LogP contribution is 2.16. The van der Waals surface area contributed by atoms with E-state index in [2.05, 4.69) is 5.32 Å². The van der Waals surface area contributed by atoms with Gasteiger partial charge in [-0.1, -0.05) is 6.07 Å². The lowest BCUT2D eigenvalue weighted by Crippen LogP contribution is -2.21. The van der Waals surface area contributed by atoms with E-state index in [1.54, 1.807) is 12.1 Å². The number of halogens is 1. The van der Waals surface area contributed by atoms with E-state index >= 15 is 0 Å². The molecule has 0 saturated heterocycles. The predicted octanol–water partition coefficient (Wildman–Crippen LogP) is 3.32. The van der Waals surface area contributed by atoms with Crippen LogP contribution in [0.3, 0.4) is 0 Å². The third-order valence-corrected chi connectivity index (χ3v) is 3.41. The predicted molar refractivity (Wildman–Crippen MR) is 76.9 cm³/mol. The van der Waals surface area contributed by atoms with Gasteiger partial charge in [0.2, 0.25) is 5.76 Å². The van der Waals surface area contributed by atoms with Crippen LogP contribution in [-0.2, 0) is 6.42 Å². The lowest BCUT2D eigenvalue weighted by molar-refractivity contribution is 0.0659. The minimum Gasteiger partial charge on any atom is -0.475 e. The van der Waals surface area contributed by atoms with E-state index in [4.69, 9.17) is 9.52 Å². The number of rotatable bonds is 6. The fourth-order valence-electron chi connectivity index (χ4n) is 2.16. The summed E-state index contributed by atoms with van der Waals surface area (Å²) in [4.78, 5) is 10.8. The van der Waals surface area contributed by atoms with Gasteiger partial charge in [0, 0.05) is 0 Å². The van der Waals surface area contributed by atoms with Gasteiger partial charge in [0.05, 0.1) is 6.04 Å². The number of aromatic carboxylic acids is 1. The van der Waals surface area contributed by atoms with Crippen LogP contribution < -0.4 is 5.32 Å². The molecule has 0 aliphatic rings. The second kappa shape index (κ2) is 6.54. The Morgan fingerprint density at radius 2 is 2.14 bits per heavy atom. The van der Waals surface area contributed by atoms with Gasteiger partial charge in [0.25, 0.3) is 0 Å². The molecule has 0 saturated carbocycles. The molecule has 0 amide bonds. The summed E-state index contributed by atoms with van der Waals surface area (Å²) in [6.07, 6.45) is 0.767. The molecule has 1 unspecified atom stereocenters. The molecule has 2 aromatic rings. The second-order valence-electron chi connectivity index (χ2n) is 5.00. The van der Waals surface area contributed by atoms with E-state index in [1.807, 2.05) is 13.8 Å². The zero-order chi connectivity index (χ0) is 15.4. The first-order valence-corrected chi connectivity index (χ1v) is 6.79. The van der Waals surface area contributed by atoms with E-state index < -0.39 is 5.97 Å². The molecule has 5 heteroatoms. The molecule has 1 aromatic heterocycles. The van der Waals surface area contributed by atoms with Crippen molar-refractivity contribution in [3.05, 3.63) is 58.8 Å². The second-order valence-corrected chi connectivity index (χ2v) is 5.00. The molecule has 4 nitrogen and oxygen atoms in total. The Morgan fingerprint density at radius 3 is 2.76 bits per heavy atom. The molecule has 1 aromatic carbocycles. The highest BCUT2D eigenvalue weighted by atomic mass is 19.1. The zero-order valence-electron chi connectivity index (χ0n) is 12.0. The van der Waals surface area contributed by atoms with Crippen molar-refractivity contribution in [3.63, 3.8) is 0 Å². The van der Waals surface area contributed by atoms with Crippen molar-refractivity contribution >= 4 is 5.97 Å². The normalized spacial score (nSPS) is 12.3. The van der Waals surface area contributed by atoms with Crippen LogP contribution in [0, 0.1) is 12.7 Å². The van der Waals surface area contributed by atoms with E-state index in [9.17, 15) is 9.18 Å². The summed E-state index contributed by atoms with van der Waals surface area (Å²) in [6.45, 7) is 4.48. The van der Waals surface area contributed by atoms with E-state index in [0.29, 0.717) is 12.3 Å². The molecule has 112 valence electrons. The molecular formula is C16H18FNO3. The maximum atomic E-state index is 13.0. The number of benzene rings is 1. The van der Waals surface area contributed by atoms with Crippen molar-refractivity contribution in [3.8, 4) is 0 Å². The van der Waals surface area contributed by atoms with E-state index in [-0.39, 0.29) is 17.6 Å². The smallest absolute Gasteiger partial charge is 0.371 e. The molecule has 2 rings (SSSR count). The average molecular weight is 291 g/mol. The highest BCUT2D eigenvalue weighted by molar-refractivity contribution is 5.84. The van der Waals surface area contributed by atoms with Crippen LogP contribution in [0.25, 0.3) is 0 Å². The summed E-state index contributed by atoms with van der Waals surface area (Å²) in [6, 6.07) is 7.78. The van der Waals surface area contributed by atoms with Gasteiger partial charge in [-0.05, 0) is 62.2 Å². The van der Waals surface area contributed by atoms with E-state index in [1.165, 1.54) is 18.2 Å². The van der Waals surface area contributed by atoms with Gasteiger partial charge in [-0.3, -0.25) is 0 Å². The third kappa shape index (κ3) is 3.92.